The van der Waals surface area contributed by atoms with E-state index < -0.39 is 5.97 Å². The summed E-state index contributed by atoms with van der Waals surface area (Å²) in [4.78, 5) is 14.9. The highest BCUT2D eigenvalue weighted by Gasteiger charge is 2.16. The average molecular weight is 192 g/mol. The van der Waals surface area contributed by atoms with Crippen molar-refractivity contribution in [3.8, 4) is 0 Å². The third-order valence-electron chi connectivity index (χ3n) is 2.03. The summed E-state index contributed by atoms with van der Waals surface area (Å²) in [5.74, 6) is -1.07. The van der Waals surface area contributed by atoms with Gasteiger partial charge in [0.05, 0.1) is 23.0 Å². The van der Waals surface area contributed by atoms with E-state index in [0.717, 1.165) is 0 Å². The number of anilines is 1. The zero-order chi connectivity index (χ0) is 10.3. The van der Waals surface area contributed by atoms with Gasteiger partial charge in [0.1, 0.15) is 5.56 Å². The van der Waals surface area contributed by atoms with Crippen molar-refractivity contribution in [2.45, 2.75) is 6.92 Å². The van der Waals surface area contributed by atoms with Crippen molar-refractivity contribution in [2.24, 2.45) is 0 Å². The number of rotatable bonds is 1. The lowest BCUT2D eigenvalue weighted by Crippen LogP contribution is -2.07. The second kappa shape index (κ2) is 2.69. The van der Waals surface area contributed by atoms with Crippen LogP contribution >= 0.6 is 0 Å². The first-order valence-corrected chi connectivity index (χ1v) is 3.93. The fraction of sp³-hybridized carbons (Fsp3) is 0.125. The third-order valence-corrected chi connectivity index (χ3v) is 2.03. The van der Waals surface area contributed by atoms with Crippen LogP contribution in [0.3, 0.4) is 0 Å². The van der Waals surface area contributed by atoms with Crippen molar-refractivity contribution >= 4 is 22.7 Å². The smallest absolute Gasteiger partial charge is 0.339 e. The maximum absolute atomic E-state index is 10.9. The second-order valence-corrected chi connectivity index (χ2v) is 2.92. The van der Waals surface area contributed by atoms with Crippen LogP contribution in [0.5, 0.6) is 0 Å². The van der Waals surface area contributed by atoms with Crippen LogP contribution in [0.4, 0.5) is 5.69 Å². The summed E-state index contributed by atoms with van der Waals surface area (Å²) in [5.41, 5.74) is 6.81. The van der Waals surface area contributed by atoms with Crippen LogP contribution in [0.15, 0.2) is 6.20 Å². The number of nitrogens with one attached hydrogen (secondary N) is 1. The molecule has 2 aromatic heterocycles. The normalized spacial score (nSPS) is 10.6. The number of nitrogen functional groups attached to an aromatic ring is 1. The highest BCUT2D eigenvalue weighted by atomic mass is 16.4. The topological polar surface area (TPSA) is 105 Å². The van der Waals surface area contributed by atoms with E-state index in [1.165, 1.54) is 6.20 Å². The number of nitrogens with two attached hydrogens (primary N) is 1. The van der Waals surface area contributed by atoms with Crippen LogP contribution < -0.4 is 5.73 Å². The third kappa shape index (κ3) is 1.00. The first-order chi connectivity index (χ1) is 6.61. The minimum Gasteiger partial charge on any atom is -0.478 e. The lowest BCUT2D eigenvalue weighted by molar-refractivity contribution is 0.0697. The molecule has 6 nitrogen and oxygen atoms in total. The molecule has 14 heavy (non-hydrogen) atoms. The minimum atomic E-state index is -1.07. The Morgan fingerprint density at radius 2 is 2.36 bits per heavy atom. The Morgan fingerprint density at radius 3 is 3.00 bits per heavy atom. The molecule has 0 saturated carbocycles. The molecule has 4 N–H and O–H groups in total. The van der Waals surface area contributed by atoms with Gasteiger partial charge in [-0.2, -0.15) is 5.10 Å². The van der Waals surface area contributed by atoms with E-state index in [-0.39, 0.29) is 11.3 Å². The summed E-state index contributed by atoms with van der Waals surface area (Å²) in [6.07, 6.45) is 1.46. The number of aromatic carboxylic acids is 1. The fourth-order valence-corrected chi connectivity index (χ4v) is 1.38. The van der Waals surface area contributed by atoms with E-state index in [0.29, 0.717) is 16.7 Å². The van der Waals surface area contributed by atoms with Gasteiger partial charge in [0.2, 0.25) is 0 Å². The standard InChI is InChI=1S/C8H8N4O2/c1-3-5(8(13)14)6(9)4-2-10-12-7(4)11-3/h2H,1H3,(H,13,14)(H3,9,10,11,12). The molecule has 0 amide bonds. The Balaban J connectivity index is 2.89. The minimum absolute atomic E-state index is 0.0406. The molecule has 0 unspecified atom stereocenters. The number of carbonyl (C=O) groups is 1. The molecule has 0 saturated heterocycles. The molecular formula is C8H8N4O2. The van der Waals surface area contributed by atoms with Crippen LogP contribution in [-0.2, 0) is 0 Å². The highest BCUT2D eigenvalue weighted by Crippen LogP contribution is 2.23. The van der Waals surface area contributed by atoms with E-state index >= 15 is 0 Å². The number of hydrogen-bond acceptors (Lipinski definition) is 4. The maximum Gasteiger partial charge on any atom is 0.339 e. The van der Waals surface area contributed by atoms with Gasteiger partial charge in [-0.3, -0.25) is 5.10 Å². The largest absolute Gasteiger partial charge is 0.478 e. The number of carboxylic acid groups (broad SMARTS) is 1. The van der Waals surface area contributed by atoms with Crippen LogP contribution in [-0.4, -0.2) is 26.3 Å². The van der Waals surface area contributed by atoms with Crippen molar-refractivity contribution in [3.63, 3.8) is 0 Å². The molecule has 0 atom stereocenters. The lowest BCUT2D eigenvalue weighted by Gasteiger charge is -2.04. The highest BCUT2D eigenvalue weighted by molar-refractivity contribution is 6.03. The molecule has 0 fully saturated rings. The first-order valence-electron chi connectivity index (χ1n) is 3.93. The monoisotopic (exact) mass is 192 g/mol. The number of fused-ring (bicyclic) bond motifs is 1. The van der Waals surface area contributed by atoms with Gasteiger partial charge in [0, 0.05) is 0 Å². The molecule has 0 bridgehead atoms. The molecular weight excluding hydrogens is 184 g/mol. The van der Waals surface area contributed by atoms with Crippen molar-refractivity contribution in [1.29, 1.82) is 0 Å². The number of hydrogen-bond donors (Lipinski definition) is 3. The molecule has 2 heterocycles. The Morgan fingerprint density at radius 1 is 1.64 bits per heavy atom. The van der Waals surface area contributed by atoms with Gasteiger partial charge in [0.25, 0.3) is 0 Å². The SMILES string of the molecule is Cc1nc2[nH]ncc2c(N)c1C(=O)O. The molecule has 2 aromatic rings. The maximum atomic E-state index is 10.9. The second-order valence-electron chi connectivity index (χ2n) is 2.92. The average Bonchev–Trinajstić information content (AvgIpc) is 2.50. The molecule has 0 spiro atoms. The van der Waals surface area contributed by atoms with E-state index in [4.69, 9.17) is 10.8 Å². The summed E-state index contributed by atoms with van der Waals surface area (Å²) >= 11 is 0. The van der Waals surface area contributed by atoms with E-state index in [1.54, 1.807) is 6.92 Å². The van der Waals surface area contributed by atoms with Crippen LogP contribution in [0, 0.1) is 6.92 Å². The zero-order valence-electron chi connectivity index (χ0n) is 7.40. The fourth-order valence-electron chi connectivity index (χ4n) is 1.38. The van der Waals surface area contributed by atoms with Gasteiger partial charge in [-0.15, -0.1) is 0 Å². The molecule has 72 valence electrons. The van der Waals surface area contributed by atoms with Gasteiger partial charge in [-0.25, -0.2) is 9.78 Å². The van der Waals surface area contributed by atoms with Crippen LogP contribution in [0.1, 0.15) is 16.1 Å². The van der Waals surface area contributed by atoms with Crippen LogP contribution in [0.2, 0.25) is 0 Å². The number of H-pyrrole nitrogens is 1. The summed E-state index contributed by atoms with van der Waals surface area (Å²) in [5, 5.41) is 15.8. The zero-order valence-corrected chi connectivity index (χ0v) is 7.40. The first kappa shape index (κ1) is 8.49. The summed E-state index contributed by atoms with van der Waals surface area (Å²) < 4.78 is 0. The van der Waals surface area contributed by atoms with Gasteiger partial charge < -0.3 is 10.8 Å². The van der Waals surface area contributed by atoms with Gasteiger partial charge in [-0.1, -0.05) is 0 Å². The molecule has 0 aliphatic heterocycles. The number of carboxylic acids is 1. The molecule has 0 aromatic carbocycles. The summed E-state index contributed by atoms with van der Waals surface area (Å²) in [6.45, 7) is 1.60. The molecule has 6 heteroatoms. The Bertz CT molecular complexity index is 517. The summed E-state index contributed by atoms with van der Waals surface area (Å²) in [6, 6.07) is 0. The van der Waals surface area contributed by atoms with E-state index in [2.05, 4.69) is 15.2 Å². The predicted octanol–water partition coefficient (Wildman–Crippen LogP) is 0.547. The van der Waals surface area contributed by atoms with E-state index in [1.807, 2.05) is 0 Å². The molecule has 0 aliphatic carbocycles. The van der Waals surface area contributed by atoms with Gasteiger partial charge >= 0.3 is 5.97 Å². The predicted molar refractivity (Wildman–Crippen MR) is 50.0 cm³/mol. The van der Waals surface area contributed by atoms with Crippen molar-refractivity contribution in [1.82, 2.24) is 15.2 Å². The van der Waals surface area contributed by atoms with Crippen LogP contribution in [0.25, 0.3) is 11.0 Å². The Hall–Kier alpha value is -2.11. The van der Waals surface area contributed by atoms with Gasteiger partial charge in [0.15, 0.2) is 5.65 Å². The van der Waals surface area contributed by atoms with Gasteiger partial charge in [-0.05, 0) is 6.92 Å². The molecule has 0 aliphatic rings. The molecule has 0 radical (unpaired) electrons. The Labute approximate surface area is 78.8 Å². The number of pyridine rings is 1. The number of aromatic amines is 1. The van der Waals surface area contributed by atoms with E-state index in [9.17, 15) is 4.79 Å². The Kier molecular flexibility index (Phi) is 1.63. The number of aromatic nitrogens is 3. The molecule has 2 rings (SSSR count). The van der Waals surface area contributed by atoms with Crippen molar-refractivity contribution in [2.75, 3.05) is 5.73 Å². The quantitative estimate of drug-likeness (QED) is 0.611. The van der Waals surface area contributed by atoms with Crippen molar-refractivity contribution < 1.29 is 9.90 Å². The number of aryl methyl sites for hydroxylation is 1. The summed E-state index contributed by atoms with van der Waals surface area (Å²) in [7, 11) is 0. The lowest BCUT2D eigenvalue weighted by atomic mass is 10.1. The van der Waals surface area contributed by atoms with Crippen molar-refractivity contribution in [3.05, 3.63) is 17.5 Å². The number of nitrogens with zero attached hydrogens (tertiary/aromatic N) is 2.